The van der Waals surface area contributed by atoms with E-state index >= 15 is 0 Å². The predicted octanol–water partition coefficient (Wildman–Crippen LogP) is 4.74. The van der Waals surface area contributed by atoms with Crippen LogP contribution in [0.25, 0.3) is 0 Å². The Morgan fingerprint density at radius 3 is 2.17 bits per heavy atom. The fraction of sp³-hybridized carbons (Fsp3) is 0.294. The van der Waals surface area contributed by atoms with Gasteiger partial charge in [-0.2, -0.15) is 0 Å². The van der Waals surface area contributed by atoms with Gasteiger partial charge in [0.05, 0.1) is 15.8 Å². The van der Waals surface area contributed by atoms with Crippen LogP contribution in [0.3, 0.4) is 0 Å². The van der Waals surface area contributed by atoms with Gasteiger partial charge in [-0.05, 0) is 42.2 Å². The van der Waals surface area contributed by atoms with E-state index in [1.807, 2.05) is 31.2 Å². The highest BCUT2D eigenvalue weighted by molar-refractivity contribution is 7.88. The van der Waals surface area contributed by atoms with E-state index in [1.54, 1.807) is 18.2 Å². The summed E-state index contributed by atoms with van der Waals surface area (Å²) in [6, 6.07) is 12.5. The molecule has 0 amide bonds. The zero-order valence-electron chi connectivity index (χ0n) is 13.0. The number of sulfonamides is 1. The standard InChI is InChI=1S/C17H19Cl2NO2S/c1-3-13-4-7-15(8-5-13)12(2)20-23(21,22)11-14-6-9-16(18)17(19)10-14/h4-10,12,20H,3,11H2,1-2H3/t12-/m0/s1. The molecule has 0 saturated carbocycles. The predicted molar refractivity (Wildman–Crippen MR) is 96.5 cm³/mol. The first kappa shape index (κ1) is 18.3. The quantitative estimate of drug-likeness (QED) is 0.796. The number of aryl methyl sites for hydroxylation is 1. The molecule has 6 heteroatoms. The molecule has 0 fully saturated rings. The van der Waals surface area contributed by atoms with Crippen LogP contribution in [0.2, 0.25) is 10.0 Å². The fourth-order valence-corrected chi connectivity index (χ4v) is 3.97. The van der Waals surface area contributed by atoms with Gasteiger partial charge in [0, 0.05) is 6.04 Å². The Bertz CT molecular complexity index is 774. The van der Waals surface area contributed by atoms with Crippen molar-refractivity contribution >= 4 is 33.2 Å². The third-order valence-corrected chi connectivity index (χ3v) is 5.75. The molecule has 2 aromatic carbocycles. The topological polar surface area (TPSA) is 46.2 Å². The molecule has 0 saturated heterocycles. The van der Waals surface area contributed by atoms with Gasteiger partial charge in [0.15, 0.2) is 0 Å². The first-order valence-electron chi connectivity index (χ1n) is 7.33. The van der Waals surface area contributed by atoms with Crippen LogP contribution in [0.1, 0.15) is 36.6 Å². The lowest BCUT2D eigenvalue weighted by atomic mass is 10.1. The molecule has 0 heterocycles. The van der Waals surface area contributed by atoms with Gasteiger partial charge in [0.2, 0.25) is 10.0 Å². The molecule has 0 radical (unpaired) electrons. The maximum atomic E-state index is 12.3. The van der Waals surface area contributed by atoms with E-state index in [1.165, 1.54) is 5.56 Å². The molecular formula is C17H19Cl2NO2S. The fourth-order valence-electron chi connectivity index (χ4n) is 2.27. The first-order valence-corrected chi connectivity index (χ1v) is 9.74. The second-order valence-electron chi connectivity index (χ2n) is 5.44. The average molecular weight is 372 g/mol. The van der Waals surface area contributed by atoms with E-state index in [4.69, 9.17) is 23.2 Å². The highest BCUT2D eigenvalue weighted by Gasteiger charge is 2.17. The minimum atomic E-state index is -3.48. The Morgan fingerprint density at radius 2 is 1.61 bits per heavy atom. The van der Waals surface area contributed by atoms with Crippen LogP contribution < -0.4 is 4.72 Å². The summed E-state index contributed by atoms with van der Waals surface area (Å²) in [5, 5.41) is 0.757. The Morgan fingerprint density at radius 1 is 1.00 bits per heavy atom. The van der Waals surface area contributed by atoms with Gasteiger partial charge in [-0.25, -0.2) is 13.1 Å². The van der Waals surface area contributed by atoms with Gasteiger partial charge in [-0.1, -0.05) is 60.5 Å². The minimum absolute atomic E-state index is 0.138. The van der Waals surface area contributed by atoms with Crippen molar-refractivity contribution in [2.75, 3.05) is 0 Å². The van der Waals surface area contributed by atoms with Crippen molar-refractivity contribution in [3.05, 3.63) is 69.2 Å². The maximum absolute atomic E-state index is 12.3. The van der Waals surface area contributed by atoms with Gasteiger partial charge in [0.25, 0.3) is 0 Å². The van der Waals surface area contributed by atoms with E-state index in [0.29, 0.717) is 15.6 Å². The molecule has 0 aromatic heterocycles. The van der Waals surface area contributed by atoms with E-state index in [2.05, 4.69) is 11.6 Å². The van der Waals surface area contributed by atoms with Crippen LogP contribution in [0, 0.1) is 0 Å². The maximum Gasteiger partial charge on any atom is 0.216 e. The number of benzene rings is 2. The number of halogens is 2. The molecule has 124 valence electrons. The summed E-state index contributed by atoms with van der Waals surface area (Å²) in [6.45, 7) is 3.91. The molecule has 1 atom stereocenters. The molecule has 2 aromatic rings. The summed E-state index contributed by atoms with van der Waals surface area (Å²) in [5.41, 5.74) is 2.75. The molecule has 0 aliphatic rings. The average Bonchev–Trinajstić information content (AvgIpc) is 2.50. The summed E-state index contributed by atoms with van der Waals surface area (Å²) >= 11 is 11.8. The zero-order chi connectivity index (χ0) is 17.0. The molecular weight excluding hydrogens is 353 g/mol. The van der Waals surface area contributed by atoms with Crippen LogP contribution in [0.15, 0.2) is 42.5 Å². The minimum Gasteiger partial charge on any atom is -0.212 e. The van der Waals surface area contributed by atoms with Crippen molar-refractivity contribution < 1.29 is 8.42 Å². The van der Waals surface area contributed by atoms with Crippen molar-refractivity contribution in [1.82, 2.24) is 4.72 Å². The SMILES string of the molecule is CCc1ccc([C@H](C)NS(=O)(=O)Cc2ccc(Cl)c(Cl)c2)cc1. The summed E-state index contributed by atoms with van der Waals surface area (Å²) < 4.78 is 27.3. The van der Waals surface area contributed by atoms with Crippen molar-refractivity contribution in [1.29, 1.82) is 0 Å². The van der Waals surface area contributed by atoms with E-state index < -0.39 is 10.0 Å². The van der Waals surface area contributed by atoms with Gasteiger partial charge in [0.1, 0.15) is 0 Å². The molecule has 0 aliphatic heterocycles. The van der Waals surface area contributed by atoms with Gasteiger partial charge >= 0.3 is 0 Å². The number of rotatable bonds is 6. The van der Waals surface area contributed by atoms with Gasteiger partial charge in [-0.3, -0.25) is 0 Å². The summed E-state index contributed by atoms with van der Waals surface area (Å²) in [6.07, 6.45) is 0.956. The summed E-state index contributed by atoms with van der Waals surface area (Å²) in [7, 11) is -3.48. The molecule has 0 bridgehead atoms. The van der Waals surface area contributed by atoms with Crippen molar-refractivity contribution in [3.63, 3.8) is 0 Å². The lowest BCUT2D eigenvalue weighted by molar-refractivity contribution is 0.566. The van der Waals surface area contributed by atoms with Crippen LogP contribution in [-0.2, 0) is 22.2 Å². The lowest BCUT2D eigenvalue weighted by Gasteiger charge is -2.15. The molecule has 0 unspecified atom stereocenters. The van der Waals surface area contributed by atoms with Crippen molar-refractivity contribution in [2.45, 2.75) is 32.1 Å². The second kappa shape index (κ2) is 7.67. The zero-order valence-corrected chi connectivity index (χ0v) is 15.3. The highest BCUT2D eigenvalue weighted by atomic mass is 35.5. The van der Waals surface area contributed by atoms with Crippen molar-refractivity contribution in [3.8, 4) is 0 Å². The molecule has 1 N–H and O–H groups in total. The molecule has 0 aliphatic carbocycles. The van der Waals surface area contributed by atoms with Crippen LogP contribution >= 0.6 is 23.2 Å². The normalized spacial score (nSPS) is 13.0. The van der Waals surface area contributed by atoms with E-state index in [-0.39, 0.29) is 11.8 Å². The Kier molecular flexibility index (Phi) is 6.09. The van der Waals surface area contributed by atoms with Gasteiger partial charge in [-0.15, -0.1) is 0 Å². The second-order valence-corrected chi connectivity index (χ2v) is 8.01. The lowest BCUT2D eigenvalue weighted by Crippen LogP contribution is -2.28. The monoisotopic (exact) mass is 371 g/mol. The Hall–Kier alpha value is -1.07. The van der Waals surface area contributed by atoms with Crippen LogP contribution in [-0.4, -0.2) is 8.42 Å². The molecule has 2 rings (SSSR count). The largest absolute Gasteiger partial charge is 0.216 e. The third-order valence-electron chi connectivity index (χ3n) is 3.59. The summed E-state index contributed by atoms with van der Waals surface area (Å²) in [4.78, 5) is 0. The van der Waals surface area contributed by atoms with Crippen molar-refractivity contribution in [2.24, 2.45) is 0 Å². The Labute approximate surface area is 147 Å². The van der Waals surface area contributed by atoms with E-state index in [0.717, 1.165) is 12.0 Å². The summed E-state index contributed by atoms with van der Waals surface area (Å²) in [5.74, 6) is -0.138. The first-order chi connectivity index (χ1) is 10.8. The Balaban J connectivity index is 2.08. The van der Waals surface area contributed by atoms with E-state index in [9.17, 15) is 8.42 Å². The molecule has 0 spiro atoms. The van der Waals surface area contributed by atoms with Gasteiger partial charge < -0.3 is 0 Å². The molecule has 3 nitrogen and oxygen atoms in total. The number of hydrogen-bond donors (Lipinski definition) is 1. The molecule has 23 heavy (non-hydrogen) atoms. The highest BCUT2D eigenvalue weighted by Crippen LogP contribution is 2.24. The third kappa shape index (κ3) is 5.21. The van der Waals surface area contributed by atoms with Crippen LogP contribution in [0.5, 0.6) is 0 Å². The smallest absolute Gasteiger partial charge is 0.212 e. The van der Waals surface area contributed by atoms with Crippen LogP contribution in [0.4, 0.5) is 0 Å². The number of nitrogens with one attached hydrogen (secondary N) is 1. The number of hydrogen-bond acceptors (Lipinski definition) is 2.